The molecule has 2 aromatic carbocycles. The van der Waals surface area contributed by atoms with Crippen molar-refractivity contribution in [3.63, 3.8) is 0 Å². The minimum Gasteiger partial charge on any atom is -0.468 e. The zero-order chi connectivity index (χ0) is 31.0. The fourth-order valence-corrected chi connectivity index (χ4v) is 8.08. The highest BCUT2D eigenvalue weighted by Crippen LogP contribution is 2.93. The predicted molar refractivity (Wildman–Crippen MR) is 150 cm³/mol. The van der Waals surface area contributed by atoms with Gasteiger partial charge in [0.05, 0.1) is 36.4 Å². The maximum Gasteiger partial charge on any atom is 0.341 e. The van der Waals surface area contributed by atoms with Crippen LogP contribution in [0.2, 0.25) is 20.1 Å². The van der Waals surface area contributed by atoms with E-state index in [0.717, 1.165) is 28.4 Å². The molecule has 1 saturated carbocycles. The first-order valence-corrected chi connectivity index (χ1v) is 13.9. The Morgan fingerprint density at radius 2 is 1.17 bits per heavy atom. The lowest BCUT2D eigenvalue weighted by Gasteiger charge is -2.38. The molecule has 2 heterocycles. The number of benzene rings is 2. The summed E-state index contributed by atoms with van der Waals surface area (Å²) in [7, 11) is 4.14. The van der Waals surface area contributed by atoms with E-state index in [2.05, 4.69) is 0 Å². The van der Waals surface area contributed by atoms with Gasteiger partial charge in [0.2, 0.25) is 21.7 Å². The molecular weight excluding hydrogens is 685 g/mol. The quantitative estimate of drug-likeness (QED) is 0.191. The summed E-state index contributed by atoms with van der Waals surface area (Å²) in [6, 6.07) is 8.11. The fourth-order valence-electron chi connectivity index (χ4n) is 6.00. The summed E-state index contributed by atoms with van der Waals surface area (Å²) in [6.07, 6.45) is 0. The Balaban J connectivity index is 1.92. The van der Waals surface area contributed by atoms with Crippen LogP contribution in [0, 0.1) is 10.8 Å². The number of alkyl halides is 1. The highest BCUT2D eigenvalue weighted by Gasteiger charge is 3.17. The minimum absolute atomic E-state index is 0.0600. The lowest BCUT2D eigenvalue weighted by Crippen LogP contribution is -2.56. The van der Waals surface area contributed by atoms with Gasteiger partial charge in [0.25, 0.3) is 5.79 Å². The number of hydrogen-bond acceptors (Lipinski definition) is 10. The topological polar surface area (TPSA) is 116 Å². The van der Waals surface area contributed by atoms with Gasteiger partial charge in [-0.05, 0) is 36.4 Å². The fraction of sp³-hybridized carbons (Fsp3) is 0.346. The summed E-state index contributed by atoms with van der Waals surface area (Å²) < 4.78 is 39.8. The maximum atomic E-state index is 14.2. The van der Waals surface area contributed by atoms with Crippen LogP contribution in [0.5, 0.6) is 11.5 Å². The summed E-state index contributed by atoms with van der Waals surface area (Å²) in [5.41, 5.74) is -5.81. The summed E-state index contributed by atoms with van der Waals surface area (Å²) >= 11 is 39.0. The molecule has 0 amide bonds. The van der Waals surface area contributed by atoms with Crippen LogP contribution in [0.25, 0.3) is 0 Å². The molecule has 3 aliphatic rings. The first kappa shape index (κ1) is 31.3. The van der Waals surface area contributed by atoms with Crippen molar-refractivity contribution >= 4 is 87.5 Å². The van der Waals surface area contributed by atoms with E-state index < -0.39 is 56.0 Å². The molecule has 1 aliphatic carbocycles. The SMILES string of the molecule is COC(=O)C1=C(Cl)[C@]2(OC)O[C@@]1(Oc1ccc(Cl)cc1Cl)[C@@]1(C(=O)OC)[C@@](Cl)(Oc3ccc(Cl)cc3Cl)[C@@]21C(=O)OC. The molecule has 1 saturated heterocycles. The standard InChI is InChI=1S/C26H18Cl6O10/c1-36-19(33)17-18(31)25(39-4)23(21(35)38-3)22(20(34)37-2,26(23,32)41-16-8-6-12(28)10-14(16)30)24(17,42-25)40-15-7-5-11(27)9-13(15)29/h5-10H,1-4H3/t22-,23+,24+,25-,26+/m0/s1. The Kier molecular flexibility index (Phi) is 7.60. The van der Waals surface area contributed by atoms with Crippen LogP contribution in [0.4, 0.5) is 0 Å². The molecule has 2 aromatic rings. The van der Waals surface area contributed by atoms with E-state index in [4.69, 9.17) is 103 Å². The van der Waals surface area contributed by atoms with Crippen molar-refractivity contribution in [2.45, 2.75) is 16.6 Å². The third-order valence-electron chi connectivity index (χ3n) is 7.53. The molecule has 0 N–H and O–H groups in total. The number of halogens is 6. The van der Waals surface area contributed by atoms with Crippen LogP contribution < -0.4 is 9.47 Å². The van der Waals surface area contributed by atoms with Gasteiger partial charge < -0.3 is 28.4 Å². The van der Waals surface area contributed by atoms with Crippen molar-refractivity contribution in [2.24, 2.45) is 10.8 Å². The monoisotopic (exact) mass is 700 g/mol. The number of ether oxygens (including phenoxy) is 7. The lowest BCUT2D eigenvalue weighted by molar-refractivity contribution is -0.285. The molecule has 0 aromatic heterocycles. The van der Waals surface area contributed by atoms with E-state index in [9.17, 15) is 14.4 Å². The van der Waals surface area contributed by atoms with Gasteiger partial charge in [-0.1, -0.05) is 69.6 Å². The van der Waals surface area contributed by atoms with Gasteiger partial charge in [0.1, 0.15) is 17.1 Å². The molecule has 10 nitrogen and oxygen atoms in total. The van der Waals surface area contributed by atoms with Gasteiger partial charge in [-0.15, -0.1) is 0 Å². The van der Waals surface area contributed by atoms with Crippen molar-refractivity contribution in [2.75, 3.05) is 28.4 Å². The Bertz CT molecular complexity index is 1580. The first-order valence-electron chi connectivity index (χ1n) is 11.6. The Morgan fingerprint density at radius 1 is 0.690 bits per heavy atom. The molecular formula is C26H18Cl6O10. The second kappa shape index (κ2) is 10.2. The average Bonchev–Trinajstić information content (AvgIpc) is 3.21. The minimum atomic E-state index is -2.76. The Labute approximate surface area is 268 Å². The summed E-state index contributed by atoms with van der Waals surface area (Å²) in [5.74, 6) is -9.23. The van der Waals surface area contributed by atoms with Gasteiger partial charge in [0.15, 0.2) is 0 Å². The Hall–Kier alpha value is -2.15. The summed E-state index contributed by atoms with van der Waals surface area (Å²) in [6.45, 7) is 0. The first-order chi connectivity index (χ1) is 19.8. The second-order valence-corrected chi connectivity index (χ2v) is 11.7. The molecule has 224 valence electrons. The highest BCUT2D eigenvalue weighted by atomic mass is 35.5. The number of carbonyl (C=O) groups excluding carboxylic acids is 3. The van der Waals surface area contributed by atoms with E-state index >= 15 is 0 Å². The van der Waals surface area contributed by atoms with Crippen LogP contribution in [0.15, 0.2) is 47.0 Å². The molecule has 0 spiro atoms. The van der Waals surface area contributed by atoms with Crippen molar-refractivity contribution in [3.8, 4) is 11.5 Å². The molecule has 5 rings (SSSR count). The molecule has 0 unspecified atom stereocenters. The van der Waals surface area contributed by atoms with E-state index in [1.54, 1.807) is 0 Å². The van der Waals surface area contributed by atoms with Crippen molar-refractivity contribution in [1.29, 1.82) is 0 Å². The molecule has 2 fully saturated rings. The number of methoxy groups -OCH3 is 4. The van der Waals surface area contributed by atoms with Crippen molar-refractivity contribution < 1.29 is 47.5 Å². The van der Waals surface area contributed by atoms with Gasteiger partial charge in [0, 0.05) is 17.2 Å². The largest absolute Gasteiger partial charge is 0.468 e. The number of hydrogen-bond donors (Lipinski definition) is 0. The summed E-state index contributed by atoms with van der Waals surface area (Å²) in [4.78, 5) is 41.6. The normalized spacial score (nSPS) is 32.2. The van der Waals surface area contributed by atoms with E-state index in [-0.39, 0.29) is 31.6 Å². The average molecular weight is 703 g/mol. The van der Waals surface area contributed by atoms with Crippen LogP contribution >= 0.6 is 69.6 Å². The molecule has 2 bridgehead atoms. The molecule has 5 atom stereocenters. The summed E-state index contributed by atoms with van der Waals surface area (Å²) in [5, 5.41) is -2.84. The van der Waals surface area contributed by atoms with Crippen molar-refractivity contribution in [3.05, 3.63) is 67.1 Å². The molecule has 42 heavy (non-hydrogen) atoms. The van der Waals surface area contributed by atoms with Crippen LogP contribution in [0.1, 0.15) is 0 Å². The van der Waals surface area contributed by atoms with E-state index in [1.165, 1.54) is 36.4 Å². The molecule has 0 radical (unpaired) electrons. The van der Waals surface area contributed by atoms with Gasteiger partial charge >= 0.3 is 17.9 Å². The molecule has 2 aliphatic heterocycles. The maximum absolute atomic E-state index is 14.2. The number of fused-ring (bicyclic) bond motifs is 5. The lowest BCUT2D eigenvalue weighted by atomic mass is 9.75. The number of carbonyl (C=O) groups is 3. The number of rotatable bonds is 8. The van der Waals surface area contributed by atoms with Crippen LogP contribution in [-0.4, -0.2) is 63.0 Å². The predicted octanol–water partition coefficient (Wildman–Crippen LogP) is 5.77. The van der Waals surface area contributed by atoms with E-state index in [1.807, 2.05) is 0 Å². The third-order valence-corrected chi connectivity index (χ3v) is 9.67. The highest BCUT2D eigenvalue weighted by molar-refractivity contribution is 6.39. The van der Waals surface area contributed by atoms with Crippen molar-refractivity contribution in [1.82, 2.24) is 0 Å². The van der Waals surface area contributed by atoms with Crippen LogP contribution in [-0.2, 0) is 38.1 Å². The van der Waals surface area contributed by atoms with Gasteiger partial charge in [-0.25, -0.2) is 4.79 Å². The zero-order valence-corrected chi connectivity index (χ0v) is 26.3. The van der Waals surface area contributed by atoms with E-state index in [0.29, 0.717) is 0 Å². The second-order valence-electron chi connectivity index (χ2n) is 9.15. The van der Waals surface area contributed by atoms with Gasteiger partial charge in [-0.3, -0.25) is 14.3 Å². The number of esters is 3. The third kappa shape index (κ3) is 3.35. The smallest absolute Gasteiger partial charge is 0.341 e. The van der Waals surface area contributed by atoms with Crippen LogP contribution in [0.3, 0.4) is 0 Å². The Morgan fingerprint density at radius 3 is 1.60 bits per heavy atom. The van der Waals surface area contributed by atoms with Gasteiger partial charge in [-0.2, -0.15) is 0 Å². The molecule has 16 heteroatoms. The zero-order valence-electron chi connectivity index (χ0n) is 21.8.